The second-order valence-electron chi connectivity index (χ2n) is 6.38. The van der Waals surface area contributed by atoms with Gasteiger partial charge >= 0.3 is 0 Å². The molecule has 1 aliphatic heterocycles. The number of hydrogen-bond donors (Lipinski definition) is 1. The molecule has 0 spiro atoms. The lowest BCUT2D eigenvalue weighted by Crippen LogP contribution is -2.48. The quantitative estimate of drug-likeness (QED) is 0.674. The first-order chi connectivity index (χ1) is 13.8. The minimum Gasteiger partial charge on any atom is -0.495 e. The van der Waals surface area contributed by atoms with Gasteiger partial charge in [-0.3, -0.25) is 4.79 Å². The van der Waals surface area contributed by atoms with Crippen LogP contribution in [0.1, 0.15) is 0 Å². The Balaban J connectivity index is 1.67. The predicted octanol–water partition coefficient (Wildman–Crippen LogP) is 2.95. The number of rotatable bonds is 6. The number of methoxy groups -OCH3 is 1. The van der Waals surface area contributed by atoms with Crippen molar-refractivity contribution < 1.29 is 17.9 Å². The molecule has 2 aromatic carbocycles. The van der Waals surface area contributed by atoms with Crippen molar-refractivity contribution in [2.45, 2.75) is 9.73 Å². The van der Waals surface area contributed by atoms with E-state index in [0.29, 0.717) is 31.9 Å². The van der Waals surface area contributed by atoms with E-state index in [1.54, 1.807) is 7.11 Å². The van der Waals surface area contributed by atoms with Crippen molar-refractivity contribution in [3.05, 3.63) is 48.5 Å². The molecule has 0 saturated carbocycles. The van der Waals surface area contributed by atoms with Crippen molar-refractivity contribution in [1.29, 1.82) is 0 Å². The van der Waals surface area contributed by atoms with E-state index < -0.39 is 20.8 Å². The molecule has 29 heavy (non-hydrogen) atoms. The maximum atomic E-state index is 12.9. The number of sulfonamides is 1. The van der Waals surface area contributed by atoms with Gasteiger partial charge < -0.3 is 15.0 Å². The summed E-state index contributed by atoms with van der Waals surface area (Å²) in [6, 6.07) is 13.6. The fourth-order valence-corrected chi connectivity index (χ4v) is 4.65. The fourth-order valence-electron chi connectivity index (χ4n) is 3.12. The lowest BCUT2D eigenvalue weighted by atomic mass is 10.2. The van der Waals surface area contributed by atoms with Crippen molar-refractivity contribution in [3.63, 3.8) is 0 Å². The number of ether oxygens (including phenoxy) is 1. The number of carbonyl (C=O) groups excluding carboxylic acids is 1. The highest BCUT2D eigenvalue weighted by Gasteiger charge is 2.29. The van der Waals surface area contributed by atoms with E-state index in [4.69, 9.17) is 27.9 Å². The molecule has 1 aliphatic rings. The maximum absolute atomic E-state index is 12.9. The summed E-state index contributed by atoms with van der Waals surface area (Å²) in [6.45, 7) is 1.83. The van der Waals surface area contributed by atoms with Crippen LogP contribution in [0.4, 0.5) is 11.4 Å². The van der Waals surface area contributed by atoms with Crippen molar-refractivity contribution in [1.82, 2.24) is 4.31 Å². The van der Waals surface area contributed by atoms with E-state index in [0.717, 1.165) is 11.4 Å². The van der Waals surface area contributed by atoms with Crippen LogP contribution in [0.15, 0.2) is 53.4 Å². The molecule has 1 amide bonds. The largest absolute Gasteiger partial charge is 0.495 e. The average Bonchev–Trinajstić information content (AvgIpc) is 2.74. The Kier molecular flexibility index (Phi) is 6.89. The molecule has 0 aromatic heterocycles. The van der Waals surface area contributed by atoms with Crippen LogP contribution in [0.25, 0.3) is 0 Å². The summed E-state index contributed by atoms with van der Waals surface area (Å²) in [5, 5.41) is 2.50. The molecule has 0 radical (unpaired) electrons. The van der Waals surface area contributed by atoms with Gasteiger partial charge in [-0.2, -0.15) is 4.31 Å². The predicted molar refractivity (Wildman–Crippen MR) is 115 cm³/mol. The van der Waals surface area contributed by atoms with Crippen LogP contribution in [0.5, 0.6) is 5.75 Å². The van der Waals surface area contributed by atoms with Crippen LogP contribution in [0, 0.1) is 0 Å². The summed E-state index contributed by atoms with van der Waals surface area (Å²) in [5.41, 5.74) is 1.37. The Morgan fingerprint density at radius 3 is 2.24 bits per heavy atom. The van der Waals surface area contributed by atoms with Crippen LogP contribution < -0.4 is 15.0 Å². The van der Waals surface area contributed by atoms with Gasteiger partial charge in [-0.15, -0.1) is 0 Å². The Hall–Kier alpha value is -2.00. The average molecular weight is 458 g/mol. The van der Waals surface area contributed by atoms with Gasteiger partial charge in [-0.1, -0.05) is 35.3 Å². The third-order valence-corrected chi connectivity index (χ3v) is 6.93. The van der Waals surface area contributed by atoms with Gasteiger partial charge in [0.1, 0.15) is 5.75 Å². The molecule has 1 fully saturated rings. The lowest BCUT2D eigenvalue weighted by Gasteiger charge is -2.35. The first-order valence-corrected chi connectivity index (χ1v) is 11.2. The van der Waals surface area contributed by atoms with Gasteiger partial charge in [0.25, 0.3) is 5.91 Å². The van der Waals surface area contributed by atoms with Gasteiger partial charge in [-0.05, 0) is 36.4 Å². The molecule has 1 heterocycles. The number of halogens is 2. The number of amides is 1. The SMILES string of the molecule is COc1ccccc1N1CCN(S(=O)(=O)c2ccc(NC(=O)C(Cl)Cl)cc2)CC1. The zero-order valence-electron chi connectivity index (χ0n) is 15.7. The molecule has 1 saturated heterocycles. The second-order valence-corrected chi connectivity index (χ2v) is 9.41. The first kappa shape index (κ1) is 21.7. The Bertz CT molecular complexity index is 960. The van der Waals surface area contributed by atoms with E-state index in [-0.39, 0.29) is 4.90 Å². The van der Waals surface area contributed by atoms with E-state index in [1.807, 2.05) is 24.3 Å². The Morgan fingerprint density at radius 2 is 1.66 bits per heavy atom. The smallest absolute Gasteiger partial charge is 0.257 e. The molecule has 10 heteroatoms. The number of benzene rings is 2. The Morgan fingerprint density at radius 1 is 1.03 bits per heavy atom. The minimum atomic E-state index is -3.63. The summed E-state index contributed by atoms with van der Waals surface area (Å²) in [7, 11) is -2.02. The molecular weight excluding hydrogens is 437 g/mol. The lowest BCUT2D eigenvalue weighted by molar-refractivity contribution is -0.114. The van der Waals surface area contributed by atoms with Crippen molar-refractivity contribution in [3.8, 4) is 5.75 Å². The Labute approximate surface area is 180 Å². The van der Waals surface area contributed by atoms with Gasteiger partial charge in [0.2, 0.25) is 10.0 Å². The topological polar surface area (TPSA) is 79.0 Å². The molecule has 0 unspecified atom stereocenters. The summed E-state index contributed by atoms with van der Waals surface area (Å²) in [4.78, 5) is 12.6. The van der Waals surface area contributed by atoms with Crippen LogP contribution in [-0.4, -0.2) is 56.8 Å². The summed E-state index contributed by atoms with van der Waals surface area (Å²) in [5.74, 6) is 0.189. The molecule has 7 nitrogen and oxygen atoms in total. The molecular formula is C19H21Cl2N3O4S. The van der Waals surface area contributed by atoms with Crippen LogP contribution in [0.2, 0.25) is 0 Å². The highest BCUT2D eigenvalue weighted by Crippen LogP contribution is 2.29. The van der Waals surface area contributed by atoms with Gasteiger partial charge in [0.15, 0.2) is 4.84 Å². The standard InChI is InChI=1S/C19H21Cl2N3O4S/c1-28-17-5-3-2-4-16(17)23-10-12-24(13-11-23)29(26,27)15-8-6-14(7-9-15)22-19(25)18(20)21/h2-9,18H,10-13H2,1H3,(H,22,25). The van der Waals surface area contributed by atoms with Gasteiger partial charge in [-0.25, -0.2) is 8.42 Å². The monoisotopic (exact) mass is 457 g/mol. The zero-order chi connectivity index (χ0) is 21.0. The van der Waals surface area contributed by atoms with Gasteiger partial charge in [0, 0.05) is 31.9 Å². The molecule has 156 valence electrons. The third kappa shape index (κ3) is 4.95. The van der Waals surface area contributed by atoms with Crippen LogP contribution in [-0.2, 0) is 14.8 Å². The molecule has 2 aromatic rings. The number of carbonyl (C=O) groups is 1. The summed E-state index contributed by atoms with van der Waals surface area (Å²) in [6.07, 6.45) is 0. The molecule has 0 atom stereocenters. The van der Waals surface area contributed by atoms with E-state index >= 15 is 0 Å². The highest BCUT2D eigenvalue weighted by atomic mass is 35.5. The molecule has 0 bridgehead atoms. The van der Waals surface area contributed by atoms with Crippen molar-refractivity contribution in [2.75, 3.05) is 43.5 Å². The van der Waals surface area contributed by atoms with E-state index in [2.05, 4.69) is 10.2 Å². The number of nitrogens with one attached hydrogen (secondary N) is 1. The molecule has 3 rings (SSSR count). The van der Waals surface area contributed by atoms with E-state index in [9.17, 15) is 13.2 Å². The number of hydrogen-bond acceptors (Lipinski definition) is 5. The maximum Gasteiger partial charge on any atom is 0.257 e. The molecule has 0 aliphatic carbocycles. The van der Waals surface area contributed by atoms with Crippen LogP contribution >= 0.6 is 23.2 Å². The fraction of sp³-hybridized carbons (Fsp3) is 0.316. The first-order valence-electron chi connectivity index (χ1n) is 8.90. The van der Waals surface area contributed by atoms with Crippen molar-refractivity contribution in [2.24, 2.45) is 0 Å². The summed E-state index contributed by atoms with van der Waals surface area (Å²) >= 11 is 11.0. The highest BCUT2D eigenvalue weighted by molar-refractivity contribution is 7.89. The summed E-state index contributed by atoms with van der Waals surface area (Å²) < 4.78 is 32.8. The van der Waals surface area contributed by atoms with Crippen molar-refractivity contribution >= 4 is 50.5 Å². The molecule has 1 N–H and O–H groups in total. The second kappa shape index (κ2) is 9.21. The zero-order valence-corrected chi connectivity index (χ0v) is 18.0. The number of anilines is 2. The number of para-hydroxylation sites is 2. The number of alkyl halides is 2. The number of nitrogens with zero attached hydrogens (tertiary/aromatic N) is 2. The third-order valence-electron chi connectivity index (χ3n) is 4.62. The van der Waals surface area contributed by atoms with Gasteiger partial charge in [0.05, 0.1) is 17.7 Å². The van der Waals surface area contributed by atoms with E-state index in [1.165, 1.54) is 28.6 Å². The van der Waals surface area contributed by atoms with Crippen LogP contribution in [0.3, 0.4) is 0 Å². The number of piperazine rings is 1. The minimum absolute atomic E-state index is 0.162. The normalized spacial score (nSPS) is 15.4.